The fourth-order valence-corrected chi connectivity index (χ4v) is 6.93. The lowest BCUT2D eigenvalue weighted by Gasteiger charge is -2.14. The maximum atomic E-state index is 5.33. The average molecular weight is 512 g/mol. The summed E-state index contributed by atoms with van der Waals surface area (Å²) in [6.07, 6.45) is 1.84. The molecule has 0 N–H and O–H groups in total. The van der Waals surface area contributed by atoms with Gasteiger partial charge in [0.1, 0.15) is 5.82 Å². The molecule has 0 spiro atoms. The highest BCUT2D eigenvalue weighted by Gasteiger charge is 2.27. The predicted octanol–water partition coefficient (Wildman–Crippen LogP) is 8.44. The van der Waals surface area contributed by atoms with Crippen molar-refractivity contribution in [3.63, 3.8) is 0 Å². The Morgan fingerprint density at radius 2 is 1.12 bits per heavy atom. The van der Waals surface area contributed by atoms with Crippen LogP contribution in [0.5, 0.6) is 0 Å². The van der Waals surface area contributed by atoms with E-state index in [9.17, 15) is 0 Å². The van der Waals surface area contributed by atoms with Crippen molar-refractivity contribution in [3.05, 3.63) is 143 Å². The number of aromatic nitrogens is 3. The Morgan fingerprint density at radius 3 is 1.90 bits per heavy atom. The number of benzene rings is 5. The van der Waals surface area contributed by atoms with Gasteiger partial charge in [-0.15, -0.1) is 0 Å². The van der Waals surface area contributed by atoms with Crippen molar-refractivity contribution in [3.8, 4) is 33.6 Å². The lowest BCUT2D eigenvalue weighted by molar-refractivity contribution is 0.795. The van der Waals surface area contributed by atoms with Gasteiger partial charge in [0.2, 0.25) is 0 Å². The third-order valence-corrected chi connectivity index (χ3v) is 8.74. The van der Waals surface area contributed by atoms with Crippen LogP contribution < -0.4 is 0 Å². The second kappa shape index (κ2) is 8.24. The van der Waals surface area contributed by atoms with Crippen molar-refractivity contribution >= 4 is 21.8 Å². The molecule has 0 saturated carbocycles. The zero-order chi connectivity index (χ0) is 26.2. The van der Waals surface area contributed by atoms with E-state index >= 15 is 0 Å². The van der Waals surface area contributed by atoms with E-state index in [4.69, 9.17) is 9.97 Å². The van der Waals surface area contributed by atoms with Gasteiger partial charge >= 0.3 is 0 Å². The Labute approximate surface area is 232 Å². The Kier molecular flexibility index (Phi) is 4.50. The standard InChI is InChI=1S/C37H25N3/c1-3-11-27-23(9-1)19-26-20-25(17-18-28(26)27)36-32-21-24-10-2-4-12-29(24)37(32)39-35(38-36)22-40-33-15-7-5-13-30(33)31-14-6-8-16-34(31)40/h1-18,20H,19,21-22H2. The van der Waals surface area contributed by atoms with Gasteiger partial charge in [-0.2, -0.15) is 0 Å². The van der Waals surface area contributed by atoms with Crippen LogP contribution in [-0.2, 0) is 19.4 Å². The van der Waals surface area contributed by atoms with Gasteiger partial charge in [0.15, 0.2) is 0 Å². The van der Waals surface area contributed by atoms with Gasteiger partial charge in [0, 0.05) is 44.9 Å². The van der Waals surface area contributed by atoms with Gasteiger partial charge in [-0.1, -0.05) is 97.1 Å². The summed E-state index contributed by atoms with van der Waals surface area (Å²) in [5, 5.41) is 2.53. The highest BCUT2D eigenvalue weighted by Crippen LogP contribution is 2.43. The monoisotopic (exact) mass is 511 g/mol. The smallest absolute Gasteiger partial charge is 0.149 e. The Balaban J connectivity index is 1.24. The Morgan fingerprint density at radius 1 is 0.525 bits per heavy atom. The van der Waals surface area contributed by atoms with Crippen LogP contribution in [0.4, 0.5) is 0 Å². The van der Waals surface area contributed by atoms with Crippen LogP contribution in [0.1, 0.15) is 28.1 Å². The number of hydrogen-bond donors (Lipinski definition) is 0. The highest BCUT2D eigenvalue weighted by atomic mass is 15.0. The summed E-state index contributed by atoms with van der Waals surface area (Å²) in [4.78, 5) is 10.6. The molecule has 2 heterocycles. The average Bonchev–Trinajstić information content (AvgIpc) is 3.67. The lowest BCUT2D eigenvalue weighted by atomic mass is 9.98. The third-order valence-electron chi connectivity index (χ3n) is 8.74. The topological polar surface area (TPSA) is 30.7 Å². The molecule has 0 unspecified atom stereocenters. The van der Waals surface area contributed by atoms with E-state index in [-0.39, 0.29) is 0 Å². The molecule has 0 saturated heterocycles. The van der Waals surface area contributed by atoms with Crippen molar-refractivity contribution in [1.82, 2.24) is 14.5 Å². The van der Waals surface area contributed by atoms with Gasteiger partial charge in [-0.25, -0.2) is 9.97 Å². The minimum atomic E-state index is 0.618. The summed E-state index contributed by atoms with van der Waals surface area (Å²) in [7, 11) is 0. The summed E-state index contributed by atoms with van der Waals surface area (Å²) in [5.74, 6) is 0.848. The van der Waals surface area contributed by atoms with Crippen LogP contribution in [0.3, 0.4) is 0 Å². The number of fused-ring (bicyclic) bond motifs is 9. The number of para-hydroxylation sites is 2. The van der Waals surface area contributed by atoms with Crippen molar-refractivity contribution < 1.29 is 0 Å². The molecule has 0 atom stereocenters. The molecule has 2 aliphatic rings. The summed E-state index contributed by atoms with van der Waals surface area (Å²) < 4.78 is 2.37. The molecule has 188 valence electrons. The first-order chi connectivity index (χ1) is 19.8. The zero-order valence-electron chi connectivity index (χ0n) is 21.9. The van der Waals surface area contributed by atoms with Gasteiger partial charge < -0.3 is 4.57 Å². The maximum Gasteiger partial charge on any atom is 0.149 e. The maximum absolute atomic E-state index is 5.33. The SMILES string of the molecule is c1ccc2c(c1)Cc1cc(-c3nc(Cn4c5ccccc5c5ccccc54)nc4c3Cc3ccccc3-4)ccc1-2. The molecule has 5 aromatic carbocycles. The molecule has 7 aromatic rings. The van der Waals surface area contributed by atoms with Crippen LogP contribution in [0.25, 0.3) is 55.4 Å². The fraction of sp³-hybridized carbons (Fsp3) is 0.0811. The first-order valence-corrected chi connectivity index (χ1v) is 14.0. The molecule has 9 rings (SSSR count). The predicted molar refractivity (Wildman–Crippen MR) is 162 cm³/mol. The van der Waals surface area contributed by atoms with E-state index in [1.165, 1.54) is 66.3 Å². The number of hydrogen-bond acceptors (Lipinski definition) is 2. The van der Waals surface area contributed by atoms with Crippen LogP contribution in [0.2, 0.25) is 0 Å². The summed E-state index contributed by atoms with van der Waals surface area (Å²) >= 11 is 0. The van der Waals surface area contributed by atoms with Crippen LogP contribution in [0.15, 0.2) is 115 Å². The lowest BCUT2D eigenvalue weighted by Crippen LogP contribution is -2.07. The largest absolute Gasteiger partial charge is 0.333 e. The molecule has 0 amide bonds. The Bertz CT molecular complexity index is 2100. The zero-order valence-corrected chi connectivity index (χ0v) is 21.9. The first-order valence-electron chi connectivity index (χ1n) is 14.0. The first kappa shape index (κ1) is 21.9. The van der Waals surface area contributed by atoms with E-state index in [2.05, 4.69) is 120 Å². The van der Waals surface area contributed by atoms with Crippen LogP contribution in [0, 0.1) is 0 Å². The molecular formula is C37H25N3. The molecule has 3 nitrogen and oxygen atoms in total. The van der Waals surface area contributed by atoms with E-state index < -0.39 is 0 Å². The van der Waals surface area contributed by atoms with Crippen LogP contribution >= 0.6 is 0 Å². The quantitative estimate of drug-likeness (QED) is 0.238. The fourth-order valence-electron chi connectivity index (χ4n) is 6.93. The summed E-state index contributed by atoms with van der Waals surface area (Å²) in [6, 6.07) is 41.7. The van der Waals surface area contributed by atoms with Gasteiger partial charge in [-0.3, -0.25) is 0 Å². The number of nitrogens with zero attached hydrogens (tertiary/aromatic N) is 3. The molecule has 40 heavy (non-hydrogen) atoms. The second-order valence-corrected chi connectivity index (χ2v) is 11.0. The van der Waals surface area contributed by atoms with Crippen molar-refractivity contribution in [1.29, 1.82) is 0 Å². The molecule has 0 fully saturated rings. The summed E-state index contributed by atoms with van der Waals surface area (Å²) in [5.41, 5.74) is 15.0. The molecule has 0 bridgehead atoms. The minimum Gasteiger partial charge on any atom is -0.333 e. The molecule has 2 aliphatic carbocycles. The number of rotatable bonds is 3. The van der Waals surface area contributed by atoms with E-state index in [0.717, 1.165) is 30.1 Å². The van der Waals surface area contributed by atoms with E-state index in [1.54, 1.807) is 0 Å². The summed E-state index contributed by atoms with van der Waals surface area (Å²) in [6.45, 7) is 0.618. The van der Waals surface area contributed by atoms with Crippen molar-refractivity contribution in [2.75, 3.05) is 0 Å². The second-order valence-electron chi connectivity index (χ2n) is 11.0. The molecule has 0 radical (unpaired) electrons. The van der Waals surface area contributed by atoms with Gasteiger partial charge in [-0.05, 0) is 52.4 Å². The van der Waals surface area contributed by atoms with Crippen molar-refractivity contribution in [2.24, 2.45) is 0 Å². The minimum absolute atomic E-state index is 0.618. The molecular weight excluding hydrogens is 486 g/mol. The normalized spacial score (nSPS) is 12.9. The van der Waals surface area contributed by atoms with Gasteiger partial charge in [0.25, 0.3) is 0 Å². The third kappa shape index (κ3) is 3.12. The van der Waals surface area contributed by atoms with E-state index in [0.29, 0.717) is 6.54 Å². The van der Waals surface area contributed by atoms with Gasteiger partial charge in [0.05, 0.1) is 17.9 Å². The molecule has 3 heteroatoms. The Hall–Kier alpha value is -5.02. The highest BCUT2D eigenvalue weighted by molar-refractivity contribution is 6.08. The van der Waals surface area contributed by atoms with Crippen molar-refractivity contribution in [2.45, 2.75) is 19.4 Å². The van der Waals surface area contributed by atoms with E-state index in [1.807, 2.05) is 0 Å². The van der Waals surface area contributed by atoms with Crippen LogP contribution in [-0.4, -0.2) is 14.5 Å². The molecule has 0 aliphatic heterocycles. The molecule has 2 aromatic heterocycles.